The van der Waals surface area contributed by atoms with E-state index in [1.54, 1.807) is 36.4 Å². The molecule has 0 N–H and O–H groups in total. The van der Waals surface area contributed by atoms with E-state index in [2.05, 4.69) is 9.72 Å². The molecule has 24 heavy (non-hydrogen) atoms. The molecule has 0 spiro atoms. The van der Waals surface area contributed by atoms with Crippen molar-refractivity contribution in [2.24, 2.45) is 0 Å². The first kappa shape index (κ1) is 17.8. The first-order chi connectivity index (χ1) is 11.4. The van der Waals surface area contributed by atoms with Gasteiger partial charge in [0.25, 0.3) is 0 Å². The van der Waals surface area contributed by atoms with Crippen molar-refractivity contribution in [1.29, 1.82) is 5.26 Å². The van der Waals surface area contributed by atoms with E-state index in [1.165, 1.54) is 6.92 Å². The van der Waals surface area contributed by atoms with E-state index < -0.39 is 23.4 Å². The van der Waals surface area contributed by atoms with Gasteiger partial charge in [-0.15, -0.1) is 0 Å². The number of hydrogen-bond acceptors (Lipinski definition) is 5. The van der Waals surface area contributed by atoms with Crippen LogP contribution in [0.5, 0.6) is 0 Å². The zero-order valence-electron chi connectivity index (χ0n) is 12.4. The van der Waals surface area contributed by atoms with Gasteiger partial charge in [0.2, 0.25) is 0 Å². The van der Waals surface area contributed by atoms with Crippen molar-refractivity contribution in [3.63, 3.8) is 0 Å². The van der Waals surface area contributed by atoms with Gasteiger partial charge in [-0.05, 0) is 25.1 Å². The lowest BCUT2D eigenvalue weighted by Crippen LogP contribution is -2.18. The van der Waals surface area contributed by atoms with Crippen LogP contribution < -0.4 is 0 Å². The van der Waals surface area contributed by atoms with Gasteiger partial charge in [-0.25, -0.2) is 9.78 Å². The quantitative estimate of drug-likeness (QED) is 0.768. The molecule has 0 bridgehead atoms. The lowest BCUT2D eigenvalue weighted by atomic mass is 10.1. The van der Waals surface area contributed by atoms with Crippen LogP contribution in [0.1, 0.15) is 28.5 Å². The predicted molar refractivity (Wildman–Crippen MR) is 80.5 cm³/mol. The second-order valence-electron chi connectivity index (χ2n) is 4.48. The number of nitrogens with zero attached hydrogens (tertiary/aromatic N) is 2. The number of benzene rings is 1. The number of hydrogen-bond donors (Lipinski definition) is 0. The zero-order valence-corrected chi connectivity index (χ0v) is 13.2. The maximum Gasteiger partial charge on any atom is 0.434 e. The lowest BCUT2D eigenvalue weighted by molar-refractivity contribution is -0.142. The number of halogens is 3. The molecule has 1 heterocycles. The number of ether oxygens (including phenoxy) is 1. The molecule has 0 atom stereocenters. The fraction of sp³-hybridized carbons (Fsp3) is 0.188. The van der Waals surface area contributed by atoms with Gasteiger partial charge in [-0.1, -0.05) is 30.0 Å². The number of esters is 1. The van der Waals surface area contributed by atoms with Crippen LogP contribution in [0.3, 0.4) is 0 Å². The summed E-state index contributed by atoms with van der Waals surface area (Å²) in [6.07, 6.45) is -4.85. The molecule has 0 unspecified atom stereocenters. The third-order valence-electron chi connectivity index (χ3n) is 2.83. The number of nitriles is 1. The Labute approximate surface area is 140 Å². The van der Waals surface area contributed by atoms with Gasteiger partial charge in [0.1, 0.15) is 11.1 Å². The molecule has 0 aliphatic rings. The molecule has 0 saturated carbocycles. The first-order valence-corrected chi connectivity index (χ1v) is 7.60. The molecule has 1 aromatic carbocycles. The van der Waals surface area contributed by atoms with Crippen molar-refractivity contribution in [1.82, 2.24) is 4.98 Å². The van der Waals surface area contributed by atoms with Crippen LogP contribution in [0.2, 0.25) is 0 Å². The Morgan fingerprint density at radius 2 is 2.00 bits per heavy atom. The van der Waals surface area contributed by atoms with Crippen LogP contribution in [0.25, 0.3) is 0 Å². The van der Waals surface area contributed by atoms with E-state index in [9.17, 15) is 23.2 Å². The minimum absolute atomic E-state index is 0.0848. The number of aromatic nitrogens is 1. The molecule has 0 fully saturated rings. The molecule has 2 rings (SSSR count). The lowest BCUT2D eigenvalue weighted by Gasteiger charge is -2.13. The van der Waals surface area contributed by atoms with Crippen molar-refractivity contribution in [2.75, 3.05) is 6.61 Å². The van der Waals surface area contributed by atoms with Crippen LogP contribution in [0.4, 0.5) is 13.2 Å². The standard InChI is InChI=1S/C16H11F3N2O2S/c1-2-23-15(22)12-8-10(9-20)14(21-13(12)16(17,18)19)24-11-6-4-3-5-7-11/h3-8H,2H2,1H3. The van der Waals surface area contributed by atoms with Crippen LogP contribution >= 0.6 is 11.8 Å². The second-order valence-corrected chi connectivity index (χ2v) is 5.54. The first-order valence-electron chi connectivity index (χ1n) is 6.79. The van der Waals surface area contributed by atoms with Gasteiger partial charge in [-0.2, -0.15) is 18.4 Å². The van der Waals surface area contributed by atoms with Gasteiger partial charge in [-0.3, -0.25) is 0 Å². The smallest absolute Gasteiger partial charge is 0.434 e. The fourth-order valence-corrected chi connectivity index (χ4v) is 2.70. The zero-order chi connectivity index (χ0) is 17.7. The van der Waals surface area contributed by atoms with Crippen molar-refractivity contribution in [3.8, 4) is 6.07 Å². The average molecular weight is 352 g/mol. The van der Waals surface area contributed by atoms with E-state index >= 15 is 0 Å². The maximum absolute atomic E-state index is 13.2. The molecule has 2 aromatic rings. The summed E-state index contributed by atoms with van der Waals surface area (Å²) < 4.78 is 44.3. The molecule has 0 aliphatic heterocycles. The fourth-order valence-electron chi connectivity index (χ4n) is 1.84. The number of rotatable bonds is 4. The Kier molecular flexibility index (Phi) is 5.46. The highest BCUT2D eigenvalue weighted by Crippen LogP contribution is 2.36. The third kappa shape index (κ3) is 4.06. The summed E-state index contributed by atoms with van der Waals surface area (Å²) in [5.41, 5.74) is -2.25. The van der Waals surface area contributed by atoms with Crippen LogP contribution in [0, 0.1) is 11.3 Å². The summed E-state index contributed by atoms with van der Waals surface area (Å²) in [6, 6.07) is 11.2. The normalized spacial score (nSPS) is 11.0. The summed E-state index contributed by atoms with van der Waals surface area (Å²) >= 11 is 0.917. The highest BCUT2D eigenvalue weighted by molar-refractivity contribution is 7.99. The monoisotopic (exact) mass is 352 g/mol. The molecule has 0 radical (unpaired) electrons. The Hall–Kier alpha value is -2.53. The molecule has 8 heteroatoms. The molecule has 1 aromatic heterocycles. The molecule has 4 nitrogen and oxygen atoms in total. The van der Waals surface area contributed by atoms with E-state index in [-0.39, 0.29) is 17.2 Å². The highest BCUT2D eigenvalue weighted by atomic mass is 32.2. The SMILES string of the molecule is CCOC(=O)c1cc(C#N)c(Sc2ccccc2)nc1C(F)(F)F. The van der Waals surface area contributed by atoms with Crippen molar-refractivity contribution < 1.29 is 22.7 Å². The van der Waals surface area contributed by atoms with E-state index in [0.29, 0.717) is 4.90 Å². The Morgan fingerprint density at radius 3 is 2.54 bits per heavy atom. The van der Waals surface area contributed by atoms with Crippen LogP contribution in [0.15, 0.2) is 46.3 Å². The molecular weight excluding hydrogens is 341 g/mol. The molecule has 0 amide bonds. The Bertz CT molecular complexity index is 786. The topological polar surface area (TPSA) is 63.0 Å². The molecular formula is C16H11F3N2O2S. The second kappa shape index (κ2) is 7.36. The molecule has 124 valence electrons. The summed E-state index contributed by atoms with van der Waals surface area (Å²) in [5, 5.41) is 9.07. The number of alkyl halides is 3. The minimum Gasteiger partial charge on any atom is -0.462 e. The van der Waals surface area contributed by atoms with Crippen molar-refractivity contribution >= 4 is 17.7 Å². The van der Waals surface area contributed by atoms with Gasteiger partial charge >= 0.3 is 12.1 Å². The van der Waals surface area contributed by atoms with E-state index in [4.69, 9.17) is 0 Å². The highest BCUT2D eigenvalue weighted by Gasteiger charge is 2.39. The molecule has 0 saturated heterocycles. The van der Waals surface area contributed by atoms with Crippen molar-refractivity contribution in [2.45, 2.75) is 23.0 Å². The third-order valence-corrected chi connectivity index (χ3v) is 3.84. The van der Waals surface area contributed by atoms with Gasteiger partial charge in [0.15, 0.2) is 5.69 Å². The minimum atomic E-state index is -4.85. The van der Waals surface area contributed by atoms with Crippen LogP contribution in [-0.4, -0.2) is 17.6 Å². The predicted octanol–water partition coefficient (Wildman–Crippen LogP) is 4.30. The maximum atomic E-state index is 13.2. The van der Waals surface area contributed by atoms with Crippen LogP contribution in [-0.2, 0) is 10.9 Å². The van der Waals surface area contributed by atoms with Gasteiger partial charge in [0, 0.05) is 4.90 Å². The van der Waals surface area contributed by atoms with Crippen molar-refractivity contribution in [3.05, 3.63) is 53.2 Å². The largest absolute Gasteiger partial charge is 0.462 e. The Morgan fingerprint density at radius 1 is 1.33 bits per heavy atom. The van der Waals surface area contributed by atoms with Gasteiger partial charge < -0.3 is 4.74 Å². The average Bonchev–Trinajstić information content (AvgIpc) is 2.54. The summed E-state index contributed by atoms with van der Waals surface area (Å²) in [6.45, 7) is 1.39. The summed E-state index contributed by atoms with van der Waals surface area (Å²) in [7, 11) is 0. The Balaban J connectivity index is 2.57. The van der Waals surface area contributed by atoms with E-state index in [1.807, 2.05) is 0 Å². The number of carbonyl (C=O) groups excluding carboxylic acids is 1. The van der Waals surface area contributed by atoms with E-state index in [0.717, 1.165) is 17.8 Å². The van der Waals surface area contributed by atoms with Gasteiger partial charge in [0.05, 0.1) is 17.7 Å². The number of carbonyl (C=O) groups is 1. The molecule has 0 aliphatic carbocycles. The number of pyridine rings is 1. The summed E-state index contributed by atoms with van der Waals surface area (Å²) in [5.74, 6) is -1.16. The summed E-state index contributed by atoms with van der Waals surface area (Å²) in [4.78, 5) is 15.9.